The summed E-state index contributed by atoms with van der Waals surface area (Å²) in [5, 5.41) is 11.4. The number of anilines is 1. The van der Waals surface area contributed by atoms with Crippen molar-refractivity contribution in [3.8, 4) is 11.5 Å². The molecular formula is C24H18ClNO6. The topological polar surface area (TPSA) is 89.2 Å². The molecule has 5 rings (SSSR count). The Labute approximate surface area is 188 Å². The van der Waals surface area contributed by atoms with Crippen LogP contribution in [0.3, 0.4) is 0 Å². The molecule has 0 bridgehead atoms. The molecule has 2 aliphatic heterocycles. The van der Waals surface area contributed by atoms with E-state index in [-0.39, 0.29) is 16.4 Å². The zero-order valence-corrected chi connectivity index (χ0v) is 17.8. The number of aliphatic hydroxyl groups excluding tert-OH is 1. The standard InChI is InChI=1S/C24H18ClNO6/c1-30-18-7-5-15(12-16(18)25)26-21(19-3-2-9-31-19)20(23(28)24(26)29)22(27)14-4-6-17-13(11-14)8-10-32-17/h2-7,9,11-12,21,27H,8,10H2,1H3/b22-20-. The van der Waals surface area contributed by atoms with Crippen LogP contribution in [0.1, 0.15) is 22.9 Å². The Hall–Kier alpha value is -3.71. The molecule has 1 N–H and O–H groups in total. The van der Waals surface area contributed by atoms with E-state index in [1.807, 2.05) is 0 Å². The monoisotopic (exact) mass is 451 g/mol. The smallest absolute Gasteiger partial charge is 0.300 e. The van der Waals surface area contributed by atoms with Crippen molar-refractivity contribution in [1.82, 2.24) is 0 Å². The highest BCUT2D eigenvalue weighted by atomic mass is 35.5. The van der Waals surface area contributed by atoms with Crippen LogP contribution >= 0.6 is 11.6 Å². The van der Waals surface area contributed by atoms with Crippen molar-refractivity contribution in [1.29, 1.82) is 0 Å². The average molecular weight is 452 g/mol. The van der Waals surface area contributed by atoms with Gasteiger partial charge in [0, 0.05) is 17.7 Å². The van der Waals surface area contributed by atoms with Crippen molar-refractivity contribution in [2.24, 2.45) is 0 Å². The van der Waals surface area contributed by atoms with Crippen LogP contribution in [0, 0.1) is 0 Å². The molecule has 3 heterocycles. The highest BCUT2D eigenvalue weighted by Gasteiger charge is 2.48. The maximum Gasteiger partial charge on any atom is 0.300 e. The van der Waals surface area contributed by atoms with Crippen LogP contribution in [0.4, 0.5) is 5.69 Å². The van der Waals surface area contributed by atoms with E-state index >= 15 is 0 Å². The van der Waals surface area contributed by atoms with Crippen LogP contribution < -0.4 is 14.4 Å². The molecule has 0 spiro atoms. The summed E-state index contributed by atoms with van der Waals surface area (Å²) < 4.78 is 16.3. The van der Waals surface area contributed by atoms with E-state index in [1.165, 1.54) is 24.3 Å². The van der Waals surface area contributed by atoms with E-state index in [1.54, 1.807) is 42.5 Å². The molecule has 1 fully saturated rings. The summed E-state index contributed by atoms with van der Waals surface area (Å²) in [6.45, 7) is 0.564. The lowest BCUT2D eigenvalue weighted by atomic mass is 9.98. The highest BCUT2D eigenvalue weighted by molar-refractivity contribution is 6.51. The first-order valence-electron chi connectivity index (χ1n) is 9.93. The van der Waals surface area contributed by atoms with Gasteiger partial charge in [0.2, 0.25) is 0 Å². The van der Waals surface area contributed by atoms with Crippen LogP contribution in [-0.2, 0) is 16.0 Å². The molecule has 1 aromatic heterocycles. The average Bonchev–Trinajstić information content (AvgIpc) is 3.53. The summed E-state index contributed by atoms with van der Waals surface area (Å²) in [6.07, 6.45) is 2.15. The van der Waals surface area contributed by atoms with Crippen LogP contribution in [0.2, 0.25) is 5.02 Å². The molecule has 1 atom stereocenters. The molecule has 0 aliphatic carbocycles. The molecule has 0 saturated carbocycles. The van der Waals surface area contributed by atoms with Crippen molar-refractivity contribution in [3.05, 3.63) is 82.3 Å². The molecule has 32 heavy (non-hydrogen) atoms. The van der Waals surface area contributed by atoms with Crippen LogP contribution in [0.5, 0.6) is 11.5 Å². The number of nitrogens with zero attached hydrogens (tertiary/aromatic N) is 1. The number of carbonyl (C=O) groups excluding carboxylic acids is 2. The van der Waals surface area contributed by atoms with Gasteiger partial charge in [-0.25, -0.2) is 0 Å². The van der Waals surface area contributed by atoms with Gasteiger partial charge in [-0.1, -0.05) is 11.6 Å². The molecule has 162 valence electrons. The van der Waals surface area contributed by atoms with Crippen LogP contribution in [0.25, 0.3) is 5.76 Å². The summed E-state index contributed by atoms with van der Waals surface area (Å²) in [5.74, 6) is -0.366. The maximum atomic E-state index is 13.1. The maximum absolute atomic E-state index is 13.1. The van der Waals surface area contributed by atoms with E-state index in [0.29, 0.717) is 35.8 Å². The predicted octanol–water partition coefficient (Wildman–Crippen LogP) is 4.50. The second kappa shape index (κ2) is 7.76. The predicted molar refractivity (Wildman–Crippen MR) is 117 cm³/mol. The second-order valence-electron chi connectivity index (χ2n) is 7.42. The lowest BCUT2D eigenvalue weighted by Crippen LogP contribution is -2.29. The normalized spacial score (nSPS) is 19.2. The molecule has 2 aromatic carbocycles. The van der Waals surface area contributed by atoms with Crippen LogP contribution in [-0.4, -0.2) is 30.5 Å². The van der Waals surface area contributed by atoms with Crippen molar-refractivity contribution in [2.75, 3.05) is 18.6 Å². The van der Waals surface area contributed by atoms with E-state index in [2.05, 4.69) is 0 Å². The third-order valence-corrected chi connectivity index (χ3v) is 5.93. The minimum absolute atomic E-state index is 0.0595. The minimum atomic E-state index is -0.959. The quantitative estimate of drug-likeness (QED) is 0.357. The van der Waals surface area contributed by atoms with Gasteiger partial charge in [0.1, 0.15) is 29.1 Å². The van der Waals surface area contributed by atoms with E-state index in [9.17, 15) is 14.7 Å². The van der Waals surface area contributed by atoms with Gasteiger partial charge in [0.05, 0.1) is 30.6 Å². The number of hydrogen-bond donors (Lipinski definition) is 1. The van der Waals surface area contributed by atoms with Gasteiger partial charge >= 0.3 is 0 Å². The fourth-order valence-electron chi connectivity index (χ4n) is 4.11. The highest BCUT2D eigenvalue weighted by Crippen LogP contribution is 2.44. The molecule has 8 heteroatoms. The van der Waals surface area contributed by atoms with Gasteiger partial charge < -0.3 is 19.0 Å². The molecule has 0 radical (unpaired) electrons. The van der Waals surface area contributed by atoms with Crippen molar-refractivity contribution < 1.29 is 28.6 Å². The number of methoxy groups -OCH3 is 1. The van der Waals surface area contributed by atoms with Gasteiger partial charge in [-0.2, -0.15) is 0 Å². The third kappa shape index (κ3) is 3.13. The summed E-state index contributed by atoms with van der Waals surface area (Å²) >= 11 is 6.27. The Kier molecular flexibility index (Phi) is 4.90. The number of ether oxygens (including phenoxy) is 2. The van der Waals surface area contributed by atoms with Crippen molar-refractivity contribution in [2.45, 2.75) is 12.5 Å². The molecule has 3 aromatic rings. The second-order valence-corrected chi connectivity index (χ2v) is 7.83. The van der Waals surface area contributed by atoms with Gasteiger partial charge in [0.25, 0.3) is 11.7 Å². The zero-order chi connectivity index (χ0) is 22.4. The zero-order valence-electron chi connectivity index (χ0n) is 17.0. The van der Waals surface area contributed by atoms with Gasteiger partial charge in [-0.05, 0) is 54.1 Å². The molecule has 1 saturated heterocycles. The van der Waals surface area contributed by atoms with Gasteiger partial charge in [0.15, 0.2) is 0 Å². The SMILES string of the molecule is COc1ccc(N2C(=O)C(=O)/C(=C(\O)c3ccc4c(c3)CCO4)C2c2ccco2)cc1Cl. The summed E-state index contributed by atoms with van der Waals surface area (Å²) in [5.41, 5.74) is 1.67. The molecule has 7 nitrogen and oxygen atoms in total. The first-order valence-corrected chi connectivity index (χ1v) is 10.3. The number of Topliss-reactive ketones (excluding diaryl/α,β-unsaturated/α-hetero) is 1. The Morgan fingerprint density at radius 1 is 1.19 bits per heavy atom. The third-order valence-electron chi connectivity index (χ3n) is 5.63. The van der Waals surface area contributed by atoms with Crippen molar-refractivity contribution in [3.63, 3.8) is 0 Å². The fraction of sp³-hybridized carbons (Fsp3) is 0.167. The number of amides is 1. The summed E-state index contributed by atoms with van der Waals surface area (Å²) in [7, 11) is 1.48. The number of halogens is 1. The van der Waals surface area contributed by atoms with Crippen molar-refractivity contribution >= 4 is 34.7 Å². The summed E-state index contributed by atoms with van der Waals surface area (Å²) in [6, 6.07) is 12.3. The number of benzene rings is 2. The molecule has 1 amide bonds. The Bertz CT molecular complexity index is 1260. The number of rotatable bonds is 4. The van der Waals surface area contributed by atoms with E-state index in [0.717, 1.165) is 11.3 Å². The summed E-state index contributed by atoms with van der Waals surface area (Å²) in [4.78, 5) is 27.5. The number of aliphatic hydroxyl groups is 1. The lowest BCUT2D eigenvalue weighted by Gasteiger charge is -2.24. The number of fused-ring (bicyclic) bond motifs is 1. The number of furan rings is 1. The molecule has 1 unspecified atom stereocenters. The van der Waals surface area contributed by atoms with E-state index < -0.39 is 17.7 Å². The first kappa shape index (κ1) is 20.2. The van der Waals surface area contributed by atoms with Crippen LogP contribution in [0.15, 0.2) is 64.8 Å². The molecular weight excluding hydrogens is 434 g/mol. The number of ketones is 1. The van der Waals surface area contributed by atoms with E-state index in [4.69, 9.17) is 25.5 Å². The fourth-order valence-corrected chi connectivity index (χ4v) is 4.36. The van der Waals surface area contributed by atoms with Gasteiger partial charge in [-0.15, -0.1) is 0 Å². The Balaban J connectivity index is 1.67. The molecule has 2 aliphatic rings. The lowest BCUT2D eigenvalue weighted by molar-refractivity contribution is -0.132. The van der Waals surface area contributed by atoms with Gasteiger partial charge in [-0.3, -0.25) is 14.5 Å². The largest absolute Gasteiger partial charge is 0.507 e. The number of carbonyl (C=O) groups is 2. The Morgan fingerprint density at radius 3 is 2.75 bits per heavy atom. The first-order chi connectivity index (χ1) is 15.5. The Morgan fingerprint density at radius 2 is 2.03 bits per heavy atom. The minimum Gasteiger partial charge on any atom is -0.507 e. The number of hydrogen-bond acceptors (Lipinski definition) is 6.